The largest absolute Gasteiger partial charge is 0.396 e. The van der Waals surface area contributed by atoms with Crippen molar-refractivity contribution in [1.29, 1.82) is 0 Å². The lowest BCUT2D eigenvalue weighted by atomic mass is 9.70. The predicted octanol–water partition coefficient (Wildman–Crippen LogP) is 0.235. The fourth-order valence-electron chi connectivity index (χ4n) is 2.13. The van der Waals surface area contributed by atoms with E-state index in [1.54, 1.807) is 0 Å². The molecule has 4 heteroatoms. The standard InChI is InChI=1S/C10H20ClN2O/c1-8(5-12-2)10(7-14)3-4-13-6-9(10)11/h8-9,12-14H,1,3-7H2,2H3. The van der Waals surface area contributed by atoms with Crippen LogP contribution in [0.25, 0.3) is 0 Å². The van der Waals surface area contributed by atoms with Crippen LogP contribution in [0.5, 0.6) is 0 Å². The van der Waals surface area contributed by atoms with Gasteiger partial charge in [-0.25, -0.2) is 0 Å². The molecule has 0 bridgehead atoms. The SMILES string of the molecule is [CH2]C(CNC)C1(CO)CCNCC1Cl. The van der Waals surface area contributed by atoms with Gasteiger partial charge in [0, 0.05) is 12.0 Å². The van der Waals surface area contributed by atoms with Crippen molar-refractivity contribution in [3.05, 3.63) is 6.92 Å². The maximum Gasteiger partial charge on any atom is 0.0542 e. The van der Waals surface area contributed by atoms with Crippen LogP contribution < -0.4 is 10.6 Å². The first-order valence-corrected chi connectivity index (χ1v) is 5.54. The molecule has 0 aromatic heterocycles. The van der Waals surface area contributed by atoms with Crippen LogP contribution in [-0.4, -0.2) is 43.8 Å². The topological polar surface area (TPSA) is 44.3 Å². The number of aliphatic hydroxyl groups excluding tert-OH is 1. The zero-order chi connectivity index (χ0) is 10.6. The molecular weight excluding hydrogens is 200 g/mol. The fourth-order valence-corrected chi connectivity index (χ4v) is 2.59. The van der Waals surface area contributed by atoms with Gasteiger partial charge in [0.1, 0.15) is 0 Å². The Kier molecular flexibility index (Phi) is 4.64. The molecule has 1 aliphatic rings. The average molecular weight is 220 g/mol. The van der Waals surface area contributed by atoms with Crippen LogP contribution in [0, 0.1) is 18.3 Å². The van der Waals surface area contributed by atoms with Crippen LogP contribution in [0.3, 0.4) is 0 Å². The zero-order valence-corrected chi connectivity index (χ0v) is 9.48. The van der Waals surface area contributed by atoms with Gasteiger partial charge in [0.15, 0.2) is 0 Å². The van der Waals surface area contributed by atoms with E-state index in [0.29, 0.717) is 0 Å². The maximum absolute atomic E-state index is 9.53. The summed E-state index contributed by atoms with van der Waals surface area (Å²) in [6.45, 7) is 6.71. The van der Waals surface area contributed by atoms with Crippen molar-refractivity contribution in [2.45, 2.75) is 11.8 Å². The third-order valence-corrected chi connectivity index (χ3v) is 3.86. The number of rotatable bonds is 4. The molecule has 0 aromatic rings. The molecule has 0 spiro atoms. The summed E-state index contributed by atoms with van der Waals surface area (Å²) in [4.78, 5) is 0. The van der Waals surface area contributed by atoms with Crippen molar-refractivity contribution >= 4 is 11.6 Å². The Morgan fingerprint density at radius 1 is 1.79 bits per heavy atom. The van der Waals surface area contributed by atoms with Gasteiger partial charge >= 0.3 is 0 Å². The molecule has 3 N–H and O–H groups in total. The van der Waals surface area contributed by atoms with E-state index in [-0.39, 0.29) is 23.3 Å². The van der Waals surface area contributed by atoms with Crippen LogP contribution in [0.15, 0.2) is 0 Å². The summed E-state index contributed by atoms with van der Waals surface area (Å²) in [6.07, 6.45) is 0.896. The van der Waals surface area contributed by atoms with Gasteiger partial charge in [-0.1, -0.05) is 0 Å². The highest BCUT2D eigenvalue weighted by atomic mass is 35.5. The first kappa shape index (κ1) is 12.2. The van der Waals surface area contributed by atoms with Gasteiger partial charge in [0.05, 0.1) is 12.0 Å². The molecule has 0 saturated carbocycles. The second-order valence-corrected chi connectivity index (χ2v) is 4.59. The maximum atomic E-state index is 9.53. The average Bonchev–Trinajstić information content (AvgIpc) is 2.19. The van der Waals surface area contributed by atoms with Gasteiger partial charge < -0.3 is 15.7 Å². The second kappa shape index (κ2) is 5.31. The number of hydrogen-bond acceptors (Lipinski definition) is 3. The molecule has 1 heterocycles. The Hall–Kier alpha value is 0.170. The van der Waals surface area contributed by atoms with Gasteiger partial charge in [-0.3, -0.25) is 0 Å². The zero-order valence-electron chi connectivity index (χ0n) is 8.72. The van der Waals surface area contributed by atoms with Crippen molar-refractivity contribution in [2.24, 2.45) is 11.3 Å². The molecule has 3 atom stereocenters. The molecule has 0 aromatic carbocycles. The van der Waals surface area contributed by atoms with Crippen molar-refractivity contribution in [1.82, 2.24) is 10.6 Å². The highest BCUT2D eigenvalue weighted by Crippen LogP contribution is 2.39. The van der Waals surface area contributed by atoms with Crippen LogP contribution in [-0.2, 0) is 0 Å². The fraction of sp³-hybridized carbons (Fsp3) is 0.900. The van der Waals surface area contributed by atoms with E-state index in [0.717, 1.165) is 26.1 Å². The number of alkyl halides is 1. The smallest absolute Gasteiger partial charge is 0.0542 e. The Morgan fingerprint density at radius 2 is 2.50 bits per heavy atom. The minimum Gasteiger partial charge on any atom is -0.396 e. The molecule has 0 aliphatic carbocycles. The number of piperidine rings is 1. The lowest BCUT2D eigenvalue weighted by molar-refractivity contribution is 0.0522. The summed E-state index contributed by atoms with van der Waals surface area (Å²) in [5.41, 5.74) is -0.226. The number of halogens is 1. The number of nitrogens with one attached hydrogen (secondary N) is 2. The summed E-state index contributed by atoms with van der Waals surface area (Å²) in [6, 6.07) is 0. The highest BCUT2D eigenvalue weighted by molar-refractivity contribution is 6.21. The third-order valence-electron chi connectivity index (χ3n) is 3.27. The first-order valence-electron chi connectivity index (χ1n) is 5.10. The summed E-state index contributed by atoms with van der Waals surface area (Å²) < 4.78 is 0. The van der Waals surface area contributed by atoms with E-state index < -0.39 is 0 Å². The first-order chi connectivity index (χ1) is 6.67. The molecule has 3 nitrogen and oxygen atoms in total. The minimum atomic E-state index is -0.226. The molecule has 1 saturated heterocycles. The summed E-state index contributed by atoms with van der Waals surface area (Å²) >= 11 is 6.28. The third kappa shape index (κ3) is 2.22. The van der Waals surface area contributed by atoms with Gasteiger partial charge in [0.25, 0.3) is 0 Å². The minimum absolute atomic E-state index is 0.0305. The van der Waals surface area contributed by atoms with E-state index >= 15 is 0 Å². The Bertz CT molecular complexity index is 180. The van der Waals surface area contributed by atoms with Crippen LogP contribution in [0.1, 0.15) is 6.42 Å². The molecule has 1 radical (unpaired) electrons. The molecular formula is C10H20ClN2O. The molecule has 1 aliphatic heterocycles. The van der Waals surface area contributed by atoms with Crippen molar-refractivity contribution in [3.8, 4) is 0 Å². The van der Waals surface area contributed by atoms with Crippen LogP contribution in [0.4, 0.5) is 0 Å². The molecule has 14 heavy (non-hydrogen) atoms. The van der Waals surface area contributed by atoms with E-state index in [2.05, 4.69) is 17.6 Å². The molecule has 0 amide bonds. The molecule has 1 rings (SSSR count). The van der Waals surface area contributed by atoms with Crippen molar-refractivity contribution in [2.75, 3.05) is 33.3 Å². The molecule has 83 valence electrons. The summed E-state index contributed by atoms with van der Waals surface area (Å²) in [5.74, 6) is 0.155. The van der Waals surface area contributed by atoms with Gasteiger partial charge in [-0.05, 0) is 39.4 Å². The molecule has 1 fully saturated rings. The van der Waals surface area contributed by atoms with Crippen molar-refractivity contribution < 1.29 is 5.11 Å². The van der Waals surface area contributed by atoms with E-state index in [1.807, 2.05) is 7.05 Å². The quantitative estimate of drug-likeness (QED) is 0.594. The predicted molar refractivity (Wildman–Crippen MR) is 59.4 cm³/mol. The van der Waals surface area contributed by atoms with Crippen LogP contribution in [0.2, 0.25) is 0 Å². The monoisotopic (exact) mass is 219 g/mol. The summed E-state index contributed by atoms with van der Waals surface area (Å²) in [7, 11) is 1.90. The lowest BCUT2D eigenvalue weighted by Crippen LogP contribution is -2.53. The van der Waals surface area contributed by atoms with E-state index in [1.165, 1.54) is 0 Å². The van der Waals surface area contributed by atoms with E-state index in [4.69, 9.17) is 11.6 Å². The lowest BCUT2D eigenvalue weighted by Gasteiger charge is -2.44. The number of hydrogen-bond donors (Lipinski definition) is 3. The number of aliphatic hydroxyl groups is 1. The Labute approximate surface area is 91.2 Å². The van der Waals surface area contributed by atoms with Gasteiger partial charge in [-0.2, -0.15) is 0 Å². The Balaban J connectivity index is 2.71. The van der Waals surface area contributed by atoms with Gasteiger partial charge in [-0.15, -0.1) is 11.6 Å². The van der Waals surface area contributed by atoms with Crippen LogP contribution >= 0.6 is 11.6 Å². The second-order valence-electron chi connectivity index (χ2n) is 4.07. The van der Waals surface area contributed by atoms with E-state index in [9.17, 15) is 5.11 Å². The highest BCUT2D eigenvalue weighted by Gasteiger charge is 2.43. The summed E-state index contributed by atoms with van der Waals surface area (Å²) in [5, 5.41) is 15.8. The Morgan fingerprint density at radius 3 is 3.00 bits per heavy atom. The van der Waals surface area contributed by atoms with Gasteiger partial charge in [0.2, 0.25) is 0 Å². The molecule has 3 unspecified atom stereocenters. The van der Waals surface area contributed by atoms with Crippen molar-refractivity contribution in [3.63, 3.8) is 0 Å². The normalized spacial score (nSPS) is 35.6.